The Hall–Kier alpha value is -1.25. The SMILES string of the molecule is Cc1ccc(OC(=O)C2=CC(Cl)C(C)(Cl)C=C2)cc1. The van der Waals surface area contributed by atoms with Crippen molar-refractivity contribution >= 4 is 29.2 Å². The van der Waals surface area contributed by atoms with Crippen molar-refractivity contribution < 1.29 is 9.53 Å². The number of carbonyl (C=O) groups is 1. The molecule has 0 heterocycles. The molecule has 0 bridgehead atoms. The summed E-state index contributed by atoms with van der Waals surface area (Å²) in [6.07, 6.45) is 4.96. The molecule has 4 heteroatoms. The van der Waals surface area contributed by atoms with Gasteiger partial charge in [-0.15, -0.1) is 23.2 Å². The van der Waals surface area contributed by atoms with Crippen molar-refractivity contribution in [2.75, 3.05) is 0 Å². The number of aryl methyl sites for hydroxylation is 1. The third-order valence-electron chi connectivity index (χ3n) is 2.92. The Morgan fingerprint density at radius 1 is 1.32 bits per heavy atom. The fourth-order valence-electron chi connectivity index (χ4n) is 1.63. The Morgan fingerprint density at radius 2 is 1.95 bits per heavy atom. The molecule has 0 aliphatic heterocycles. The van der Waals surface area contributed by atoms with Crippen molar-refractivity contribution in [3.63, 3.8) is 0 Å². The highest BCUT2D eigenvalue weighted by Crippen LogP contribution is 2.32. The lowest BCUT2D eigenvalue weighted by Gasteiger charge is -2.25. The molecule has 100 valence electrons. The first kappa shape index (κ1) is 14.2. The van der Waals surface area contributed by atoms with Gasteiger partial charge in [0.2, 0.25) is 0 Å². The van der Waals surface area contributed by atoms with Crippen molar-refractivity contribution in [1.29, 1.82) is 0 Å². The molecule has 2 unspecified atom stereocenters. The molecule has 1 aliphatic carbocycles. The van der Waals surface area contributed by atoms with Crippen molar-refractivity contribution in [2.45, 2.75) is 24.1 Å². The van der Waals surface area contributed by atoms with Crippen molar-refractivity contribution in [2.24, 2.45) is 0 Å². The predicted octanol–water partition coefficient (Wildman–Crippen LogP) is 4.00. The summed E-state index contributed by atoms with van der Waals surface area (Å²) in [5.41, 5.74) is 1.52. The van der Waals surface area contributed by atoms with Crippen molar-refractivity contribution in [3.05, 3.63) is 53.6 Å². The minimum absolute atomic E-state index is 0.415. The molecule has 2 atom stereocenters. The highest BCUT2D eigenvalue weighted by atomic mass is 35.5. The summed E-state index contributed by atoms with van der Waals surface area (Å²) in [4.78, 5) is 11.3. The molecule has 0 amide bonds. The molecule has 0 fully saturated rings. The molecular weight excluding hydrogens is 283 g/mol. The van der Waals surface area contributed by atoms with Crippen LogP contribution in [0.2, 0.25) is 0 Å². The van der Waals surface area contributed by atoms with Gasteiger partial charge >= 0.3 is 5.97 Å². The van der Waals surface area contributed by atoms with Crippen LogP contribution in [0.15, 0.2) is 48.1 Å². The highest BCUT2D eigenvalue weighted by molar-refractivity contribution is 6.34. The topological polar surface area (TPSA) is 26.3 Å². The smallest absolute Gasteiger partial charge is 0.343 e. The maximum absolute atomic E-state index is 12.0. The van der Waals surface area contributed by atoms with E-state index in [0.29, 0.717) is 11.3 Å². The van der Waals surface area contributed by atoms with Crippen LogP contribution in [0, 0.1) is 6.92 Å². The van der Waals surface area contributed by atoms with Gasteiger partial charge in [0.05, 0.1) is 15.8 Å². The molecule has 0 saturated carbocycles. The molecule has 0 aromatic heterocycles. The Kier molecular flexibility index (Phi) is 4.02. The zero-order valence-corrected chi connectivity index (χ0v) is 12.2. The second-order valence-corrected chi connectivity index (χ2v) is 6.00. The normalized spacial score (nSPS) is 25.9. The third kappa shape index (κ3) is 3.40. The summed E-state index contributed by atoms with van der Waals surface area (Å²) in [6, 6.07) is 7.27. The van der Waals surface area contributed by atoms with E-state index in [1.807, 2.05) is 19.1 Å². The van der Waals surface area contributed by atoms with Crippen LogP contribution in [0.25, 0.3) is 0 Å². The monoisotopic (exact) mass is 296 g/mol. The lowest BCUT2D eigenvalue weighted by atomic mass is 9.97. The Bertz CT molecular complexity index is 542. The van der Waals surface area contributed by atoms with Crippen molar-refractivity contribution in [1.82, 2.24) is 0 Å². The van der Waals surface area contributed by atoms with E-state index in [4.69, 9.17) is 27.9 Å². The van der Waals surface area contributed by atoms with Gasteiger partial charge in [-0.3, -0.25) is 0 Å². The van der Waals surface area contributed by atoms with Crippen LogP contribution in [0.3, 0.4) is 0 Å². The van der Waals surface area contributed by atoms with E-state index in [1.54, 1.807) is 37.3 Å². The van der Waals surface area contributed by atoms with E-state index in [2.05, 4.69) is 0 Å². The van der Waals surface area contributed by atoms with Gasteiger partial charge in [-0.2, -0.15) is 0 Å². The number of carbonyl (C=O) groups excluding carboxylic acids is 1. The zero-order chi connectivity index (χ0) is 14.0. The average molecular weight is 297 g/mol. The molecular formula is C15H14Cl2O2. The summed E-state index contributed by atoms with van der Waals surface area (Å²) in [7, 11) is 0. The van der Waals surface area contributed by atoms with Gasteiger partial charge in [-0.05, 0) is 26.0 Å². The van der Waals surface area contributed by atoms with Gasteiger partial charge in [0.25, 0.3) is 0 Å². The first-order chi connectivity index (χ1) is 8.88. The van der Waals surface area contributed by atoms with Crippen LogP contribution in [-0.2, 0) is 4.79 Å². The van der Waals surface area contributed by atoms with Crippen LogP contribution in [0.1, 0.15) is 12.5 Å². The van der Waals surface area contributed by atoms with E-state index in [1.165, 1.54) is 0 Å². The Labute approximate surface area is 122 Å². The summed E-state index contributed by atoms with van der Waals surface area (Å²) >= 11 is 12.3. The first-order valence-corrected chi connectivity index (χ1v) is 6.73. The molecule has 0 saturated heterocycles. The summed E-state index contributed by atoms with van der Waals surface area (Å²) in [5.74, 6) is 0.0770. The number of ether oxygens (including phenoxy) is 1. The second-order valence-electron chi connectivity index (χ2n) is 4.71. The predicted molar refractivity (Wildman–Crippen MR) is 77.9 cm³/mol. The van der Waals surface area contributed by atoms with E-state index in [0.717, 1.165) is 5.56 Å². The average Bonchev–Trinajstić information content (AvgIpc) is 2.35. The van der Waals surface area contributed by atoms with E-state index < -0.39 is 16.2 Å². The lowest BCUT2D eigenvalue weighted by Crippen LogP contribution is -2.29. The summed E-state index contributed by atoms with van der Waals surface area (Å²) in [6.45, 7) is 3.76. The molecule has 2 nitrogen and oxygen atoms in total. The fourth-order valence-corrected chi connectivity index (χ4v) is 1.96. The van der Waals surface area contributed by atoms with Crippen molar-refractivity contribution in [3.8, 4) is 5.75 Å². The van der Waals surface area contributed by atoms with E-state index >= 15 is 0 Å². The van der Waals surface area contributed by atoms with Gasteiger partial charge in [-0.25, -0.2) is 4.79 Å². The van der Waals surface area contributed by atoms with Crippen LogP contribution >= 0.6 is 23.2 Å². The van der Waals surface area contributed by atoms with Crippen LogP contribution < -0.4 is 4.74 Å². The number of halogens is 2. The second kappa shape index (κ2) is 5.40. The molecule has 1 aromatic carbocycles. The quantitative estimate of drug-likeness (QED) is 0.468. The number of alkyl halides is 2. The largest absolute Gasteiger partial charge is 0.423 e. The molecule has 0 radical (unpaired) electrons. The molecule has 19 heavy (non-hydrogen) atoms. The number of rotatable bonds is 2. The third-order valence-corrected chi connectivity index (χ3v) is 3.97. The van der Waals surface area contributed by atoms with Crippen LogP contribution in [-0.4, -0.2) is 16.2 Å². The fraction of sp³-hybridized carbons (Fsp3) is 0.267. The first-order valence-electron chi connectivity index (χ1n) is 5.91. The summed E-state index contributed by atoms with van der Waals surface area (Å²) in [5, 5.41) is -0.445. The maximum atomic E-state index is 12.0. The summed E-state index contributed by atoms with van der Waals surface area (Å²) < 4.78 is 5.27. The maximum Gasteiger partial charge on any atom is 0.343 e. The molecule has 0 spiro atoms. The van der Waals surface area contributed by atoms with Gasteiger partial charge in [-0.1, -0.05) is 35.9 Å². The number of benzene rings is 1. The van der Waals surface area contributed by atoms with Gasteiger partial charge in [0.15, 0.2) is 0 Å². The molecule has 1 aliphatic rings. The Morgan fingerprint density at radius 3 is 2.53 bits per heavy atom. The zero-order valence-electron chi connectivity index (χ0n) is 10.7. The van der Waals surface area contributed by atoms with E-state index in [-0.39, 0.29) is 0 Å². The number of hydrogen-bond acceptors (Lipinski definition) is 2. The minimum Gasteiger partial charge on any atom is -0.423 e. The number of allylic oxidation sites excluding steroid dienone is 2. The van der Waals surface area contributed by atoms with Gasteiger partial charge in [0, 0.05) is 0 Å². The standard InChI is InChI=1S/C15H14Cl2O2/c1-10-3-5-12(6-4-10)19-14(18)11-7-8-15(2,17)13(16)9-11/h3-9,13H,1-2H3. The van der Waals surface area contributed by atoms with Crippen LogP contribution in [0.4, 0.5) is 0 Å². The Balaban J connectivity index is 2.10. The van der Waals surface area contributed by atoms with E-state index in [9.17, 15) is 4.79 Å². The van der Waals surface area contributed by atoms with Gasteiger partial charge < -0.3 is 4.74 Å². The lowest BCUT2D eigenvalue weighted by molar-refractivity contribution is -0.129. The molecule has 1 aromatic rings. The van der Waals surface area contributed by atoms with Crippen LogP contribution in [0.5, 0.6) is 5.75 Å². The van der Waals surface area contributed by atoms with Gasteiger partial charge in [0.1, 0.15) is 5.75 Å². The number of hydrogen-bond donors (Lipinski definition) is 0. The molecule has 0 N–H and O–H groups in total. The number of esters is 1. The molecule has 2 rings (SSSR count). The highest BCUT2D eigenvalue weighted by Gasteiger charge is 2.30. The minimum atomic E-state index is -0.671.